The van der Waals surface area contributed by atoms with E-state index in [1.54, 1.807) is 0 Å². The van der Waals surface area contributed by atoms with Crippen molar-refractivity contribution in [3.63, 3.8) is 0 Å². The molecule has 0 atom stereocenters. The largest absolute Gasteiger partial charge is 0.208 e. The van der Waals surface area contributed by atoms with E-state index in [1.165, 1.54) is 55.6 Å². The number of aromatic nitrogens is 3. The fraction of sp³-hybridized carbons (Fsp3) is 0. The normalized spacial score (nSPS) is 11.1. The van der Waals surface area contributed by atoms with E-state index >= 15 is 0 Å². The average molecular weight is 918 g/mol. The fourth-order valence-corrected chi connectivity index (χ4v) is 9.48. The molecule has 338 valence electrons. The molecular formula is C69H47N3. The molecule has 0 amide bonds. The van der Waals surface area contributed by atoms with Gasteiger partial charge in [-0.1, -0.05) is 255 Å². The van der Waals surface area contributed by atoms with Gasteiger partial charge in [0.25, 0.3) is 0 Å². The SMILES string of the molecule is c1ccc(-c2cccc(-c3ccc(-c4nc(-c5ccc(-c6cccc(-c7cccc(-c8ccccc8)c7)c6)cc5)nc(-c5ccc(-c6cccc(-c7cccc(-c8ccccc8)c7)c6)cc5)n4)cc3)c2)cc1. The minimum absolute atomic E-state index is 0.613. The van der Waals surface area contributed by atoms with Crippen molar-refractivity contribution in [1.82, 2.24) is 15.0 Å². The highest BCUT2D eigenvalue weighted by Gasteiger charge is 2.15. The van der Waals surface area contributed by atoms with E-state index in [2.05, 4.69) is 285 Å². The first-order valence-corrected chi connectivity index (χ1v) is 24.4. The molecule has 0 aliphatic rings. The third kappa shape index (κ3) is 9.43. The summed E-state index contributed by atoms with van der Waals surface area (Å²) in [6.07, 6.45) is 0. The zero-order valence-corrected chi connectivity index (χ0v) is 39.5. The quantitative estimate of drug-likeness (QED) is 0.130. The van der Waals surface area contributed by atoms with Gasteiger partial charge in [0.2, 0.25) is 0 Å². The van der Waals surface area contributed by atoms with Crippen LogP contribution in [0.4, 0.5) is 0 Å². The van der Waals surface area contributed by atoms with Crippen LogP contribution >= 0.6 is 0 Å². The van der Waals surface area contributed by atoms with Crippen LogP contribution in [0.1, 0.15) is 0 Å². The Bertz CT molecular complexity index is 3620. The van der Waals surface area contributed by atoms with Crippen LogP contribution in [0.2, 0.25) is 0 Å². The second kappa shape index (κ2) is 19.8. The average Bonchev–Trinajstić information content (AvgIpc) is 3.48. The van der Waals surface area contributed by atoms with E-state index in [-0.39, 0.29) is 0 Å². The van der Waals surface area contributed by atoms with Crippen molar-refractivity contribution in [1.29, 1.82) is 0 Å². The second-order valence-electron chi connectivity index (χ2n) is 18.0. The van der Waals surface area contributed by atoms with Crippen LogP contribution in [0.3, 0.4) is 0 Å². The first-order chi connectivity index (χ1) is 35.6. The Morgan fingerprint density at radius 3 is 0.486 bits per heavy atom. The number of hydrogen-bond acceptors (Lipinski definition) is 3. The molecule has 0 saturated heterocycles. The zero-order chi connectivity index (χ0) is 48.1. The van der Waals surface area contributed by atoms with E-state index in [9.17, 15) is 0 Å². The molecule has 0 aliphatic heterocycles. The molecule has 0 saturated carbocycles. The van der Waals surface area contributed by atoms with Crippen molar-refractivity contribution in [2.45, 2.75) is 0 Å². The lowest BCUT2D eigenvalue weighted by molar-refractivity contribution is 1.07. The summed E-state index contributed by atoms with van der Waals surface area (Å²) in [4.78, 5) is 15.5. The molecule has 12 rings (SSSR count). The lowest BCUT2D eigenvalue weighted by Crippen LogP contribution is -2.00. The van der Waals surface area contributed by atoms with Crippen molar-refractivity contribution in [2.75, 3.05) is 0 Å². The zero-order valence-electron chi connectivity index (χ0n) is 39.5. The molecule has 3 nitrogen and oxygen atoms in total. The van der Waals surface area contributed by atoms with E-state index in [0.717, 1.165) is 50.1 Å². The maximum atomic E-state index is 5.16. The Morgan fingerprint density at radius 2 is 0.278 bits per heavy atom. The van der Waals surface area contributed by atoms with Crippen LogP contribution < -0.4 is 0 Å². The Hall–Kier alpha value is -9.57. The summed E-state index contributed by atoms with van der Waals surface area (Å²) < 4.78 is 0. The summed E-state index contributed by atoms with van der Waals surface area (Å²) in [7, 11) is 0. The van der Waals surface area contributed by atoms with Crippen LogP contribution in [-0.4, -0.2) is 15.0 Å². The number of nitrogens with zero attached hydrogens (tertiary/aromatic N) is 3. The van der Waals surface area contributed by atoms with Crippen molar-refractivity contribution in [3.8, 4) is 123 Å². The van der Waals surface area contributed by atoms with Crippen molar-refractivity contribution >= 4 is 0 Å². The molecule has 72 heavy (non-hydrogen) atoms. The third-order valence-corrected chi connectivity index (χ3v) is 13.4. The van der Waals surface area contributed by atoms with Crippen molar-refractivity contribution in [2.24, 2.45) is 0 Å². The summed E-state index contributed by atoms with van der Waals surface area (Å²) in [5, 5.41) is 0. The number of benzene rings is 11. The molecule has 1 aromatic heterocycles. The van der Waals surface area contributed by atoms with Crippen molar-refractivity contribution < 1.29 is 0 Å². The van der Waals surface area contributed by atoms with Crippen LogP contribution in [0, 0.1) is 0 Å². The molecule has 0 radical (unpaired) electrons. The molecule has 12 aromatic rings. The highest BCUT2D eigenvalue weighted by atomic mass is 15.0. The first-order valence-electron chi connectivity index (χ1n) is 24.4. The van der Waals surface area contributed by atoms with Gasteiger partial charge < -0.3 is 0 Å². The minimum Gasteiger partial charge on any atom is -0.208 e. The Balaban J connectivity index is 0.867. The minimum atomic E-state index is 0.613. The van der Waals surface area contributed by atoms with E-state index < -0.39 is 0 Å². The highest BCUT2D eigenvalue weighted by Crippen LogP contribution is 2.35. The van der Waals surface area contributed by atoms with E-state index in [1.807, 2.05) is 0 Å². The third-order valence-electron chi connectivity index (χ3n) is 13.4. The van der Waals surface area contributed by atoms with Crippen LogP contribution in [0.25, 0.3) is 123 Å². The molecule has 0 bridgehead atoms. The topological polar surface area (TPSA) is 38.7 Å². The molecule has 0 unspecified atom stereocenters. The van der Waals surface area contributed by atoms with Crippen LogP contribution in [-0.2, 0) is 0 Å². The molecule has 0 aliphatic carbocycles. The standard InChI is InChI=1S/C69H47N3/c1-4-15-48(16-5-1)57-21-10-24-60(43-57)51-31-37-54(38-32-51)67-70-68(55-39-33-52(34-40-55)61-25-13-29-65(46-61)63-27-11-22-58(44-63)49-17-6-2-7-18-49)72-69(71-67)56-41-35-53(36-42-56)62-26-14-30-66(47-62)64-28-12-23-59(45-64)50-19-8-3-9-20-50/h1-47H. The maximum Gasteiger partial charge on any atom is 0.164 e. The van der Waals surface area contributed by atoms with E-state index in [0.29, 0.717) is 17.5 Å². The molecule has 1 heterocycles. The van der Waals surface area contributed by atoms with Gasteiger partial charge in [-0.15, -0.1) is 0 Å². The Kier molecular flexibility index (Phi) is 12.0. The summed E-state index contributed by atoms with van der Waals surface area (Å²) in [6.45, 7) is 0. The van der Waals surface area contributed by atoms with Gasteiger partial charge in [-0.2, -0.15) is 0 Å². The van der Waals surface area contributed by atoms with Gasteiger partial charge in [0.15, 0.2) is 17.5 Å². The van der Waals surface area contributed by atoms with Gasteiger partial charge in [0.05, 0.1) is 0 Å². The highest BCUT2D eigenvalue weighted by molar-refractivity contribution is 5.81. The predicted molar refractivity (Wildman–Crippen MR) is 300 cm³/mol. The number of rotatable bonds is 11. The summed E-state index contributed by atoms with van der Waals surface area (Å²) in [5.41, 5.74) is 21.4. The van der Waals surface area contributed by atoms with Crippen LogP contribution in [0.15, 0.2) is 285 Å². The van der Waals surface area contributed by atoms with E-state index in [4.69, 9.17) is 15.0 Å². The summed E-state index contributed by atoms with van der Waals surface area (Å²) in [6, 6.07) is 101. The molecule has 11 aromatic carbocycles. The smallest absolute Gasteiger partial charge is 0.164 e. The van der Waals surface area contributed by atoms with Crippen molar-refractivity contribution in [3.05, 3.63) is 285 Å². The first kappa shape index (κ1) is 43.7. The van der Waals surface area contributed by atoms with Gasteiger partial charge in [0.1, 0.15) is 0 Å². The predicted octanol–water partition coefficient (Wildman–Crippen LogP) is 18.2. The Morgan fingerprint density at radius 1 is 0.125 bits per heavy atom. The fourth-order valence-electron chi connectivity index (χ4n) is 9.48. The lowest BCUT2D eigenvalue weighted by Gasteiger charge is -2.11. The molecular weight excluding hydrogens is 871 g/mol. The van der Waals surface area contributed by atoms with Gasteiger partial charge in [0, 0.05) is 16.7 Å². The number of hydrogen-bond donors (Lipinski definition) is 0. The summed E-state index contributed by atoms with van der Waals surface area (Å²) in [5.74, 6) is 1.84. The molecule has 3 heteroatoms. The monoisotopic (exact) mass is 917 g/mol. The summed E-state index contributed by atoms with van der Waals surface area (Å²) >= 11 is 0. The van der Waals surface area contributed by atoms with Gasteiger partial charge in [-0.25, -0.2) is 15.0 Å². The Labute approximate surface area is 421 Å². The molecule has 0 N–H and O–H groups in total. The lowest BCUT2D eigenvalue weighted by atomic mass is 9.96. The molecule has 0 spiro atoms. The van der Waals surface area contributed by atoms with Gasteiger partial charge in [-0.05, 0) is 119 Å². The maximum absolute atomic E-state index is 5.16. The van der Waals surface area contributed by atoms with Crippen LogP contribution in [0.5, 0.6) is 0 Å². The van der Waals surface area contributed by atoms with Gasteiger partial charge in [-0.3, -0.25) is 0 Å². The molecule has 0 fully saturated rings. The second-order valence-corrected chi connectivity index (χ2v) is 18.0. The van der Waals surface area contributed by atoms with Gasteiger partial charge >= 0.3 is 0 Å².